The molecular formula is C21H28N2O3. The number of ether oxygens (including phenoxy) is 2. The largest absolute Gasteiger partial charge is 0.475 e. The fourth-order valence-electron chi connectivity index (χ4n) is 2.53. The lowest BCUT2D eigenvalue weighted by Gasteiger charge is -2.21. The van der Waals surface area contributed by atoms with Crippen molar-refractivity contribution in [1.82, 2.24) is 10.3 Å². The molecule has 2 aromatic rings. The molecule has 5 nitrogen and oxygen atoms in total. The zero-order valence-corrected chi connectivity index (χ0v) is 16.2. The molecule has 0 spiro atoms. The van der Waals surface area contributed by atoms with Crippen LogP contribution < -0.4 is 10.1 Å². The van der Waals surface area contributed by atoms with Crippen LogP contribution in [0.2, 0.25) is 0 Å². The molecule has 140 valence electrons. The van der Waals surface area contributed by atoms with Gasteiger partial charge in [0.05, 0.1) is 12.6 Å². The van der Waals surface area contributed by atoms with Crippen LogP contribution in [-0.2, 0) is 10.2 Å². The van der Waals surface area contributed by atoms with Crippen molar-refractivity contribution in [3.8, 4) is 5.88 Å². The monoisotopic (exact) mass is 356 g/mol. The smallest absolute Gasteiger partial charge is 0.257 e. The van der Waals surface area contributed by atoms with E-state index in [-0.39, 0.29) is 17.4 Å². The Bertz CT molecular complexity index is 721. The normalized spacial score (nSPS) is 12.5. The van der Waals surface area contributed by atoms with Gasteiger partial charge >= 0.3 is 0 Å². The fraction of sp³-hybridized carbons (Fsp3) is 0.429. The van der Waals surface area contributed by atoms with Crippen LogP contribution in [0.1, 0.15) is 55.2 Å². The standard InChI is InChI=1S/C21H28N2O3/c1-15(16-8-10-17(11-9-16)21(2,3)4)23-19(24)18-7-6-12-22-20(18)26-14-13-25-5/h6-12,15H,13-14H2,1-5H3,(H,23,24). The van der Waals surface area contributed by atoms with Gasteiger partial charge in [0.25, 0.3) is 5.91 Å². The number of nitrogens with zero attached hydrogens (tertiary/aromatic N) is 1. The number of methoxy groups -OCH3 is 1. The summed E-state index contributed by atoms with van der Waals surface area (Å²) in [6, 6.07) is 11.7. The van der Waals surface area contributed by atoms with Crippen LogP contribution >= 0.6 is 0 Å². The summed E-state index contributed by atoms with van der Waals surface area (Å²) in [5, 5.41) is 3.01. The second kappa shape index (κ2) is 8.81. The van der Waals surface area contributed by atoms with Crippen LogP contribution in [0.3, 0.4) is 0 Å². The molecule has 0 aliphatic heterocycles. The minimum atomic E-state index is -0.210. The summed E-state index contributed by atoms with van der Waals surface area (Å²) >= 11 is 0. The Morgan fingerprint density at radius 3 is 2.46 bits per heavy atom. The predicted molar refractivity (Wildman–Crippen MR) is 103 cm³/mol. The van der Waals surface area contributed by atoms with Crippen LogP contribution in [0.5, 0.6) is 5.88 Å². The van der Waals surface area contributed by atoms with E-state index in [2.05, 4.69) is 55.3 Å². The third kappa shape index (κ3) is 5.30. The van der Waals surface area contributed by atoms with Gasteiger partial charge in [-0.2, -0.15) is 0 Å². The zero-order valence-electron chi connectivity index (χ0n) is 16.2. The number of rotatable bonds is 7. The molecule has 1 aromatic heterocycles. The molecule has 1 atom stereocenters. The highest BCUT2D eigenvalue weighted by atomic mass is 16.5. The predicted octanol–water partition coefficient (Wildman–Crippen LogP) is 3.90. The minimum absolute atomic E-state index is 0.106. The first-order valence-electron chi connectivity index (χ1n) is 8.81. The van der Waals surface area contributed by atoms with Gasteiger partial charge in [-0.1, -0.05) is 45.0 Å². The van der Waals surface area contributed by atoms with Gasteiger partial charge in [0, 0.05) is 13.3 Å². The Hall–Kier alpha value is -2.40. The summed E-state index contributed by atoms with van der Waals surface area (Å²) in [6.45, 7) is 9.29. The zero-order chi connectivity index (χ0) is 19.2. The van der Waals surface area contributed by atoms with Crippen molar-refractivity contribution in [3.05, 3.63) is 59.3 Å². The number of amides is 1. The molecule has 2 rings (SSSR count). The van der Waals surface area contributed by atoms with Crippen molar-refractivity contribution in [2.24, 2.45) is 0 Å². The summed E-state index contributed by atoms with van der Waals surface area (Å²) in [7, 11) is 1.60. The summed E-state index contributed by atoms with van der Waals surface area (Å²) in [6.07, 6.45) is 1.60. The number of carbonyl (C=O) groups excluding carboxylic acids is 1. The van der Waals surface area contributed by atoms with E-state index in [0.29, 0.717) is 24.7 Å². The first-order valence-corrected chi connectivity index (χ1v) is 8.81. The highest BCUT2D eigenvalue weighted by Gasteiger charge is 2.18. The number of hydrogen-bond acceptors (Lipinski definition) is 4. The maximum Gasteiger partial charge on any atom is 0.257 e. The van der Waals surface area contributed by atoms with E-state index < -0.39 is 0 Å². The van der Waals surface area contributed by atoms with Crippen LogP contribution in [0, 0.1) is 0 Å². The van der Waals surface area contributed by atoms with Crippen molar-refractivity contribution in [2.75, 3.05) is 20.3 Å². The van der Waals surface area contributed by atoms with Crippen LogP contribution in [0.25, 0.3) is 0 Å². The van der Waals surface area contributed by atoms with Crippen molar-refractivity contribution in [1.29, 1.82) is 0 Å². The van der Waals surface area contributed by atoms with Gasteiger partial charge in [0.15, 0.2) is 0 Å². The quantitative estimate of drug-likeness (QED) is 0.765. The van der Waals surface area contributed by atoms with Crippen LogP contribution in [0.15, 0.2) is 42.6 Å². The molecule has 1 aromatic carbocycles. The maximum atomic E-state index is 12.6. The summed E-state index contributed by atoms with van der Waals surface area (Å²) in [5.74, 6) is 0.107. The molecule has 0 bridgehead atoms. The molecule has 0 saturated heterocycles. The van der Waals surface area contributed by atoms with Gasteiger partial charge in [0.1, 0.15) is 12.2 Å². The van der Waals surface area contributed by atoms with Crippen molar-refractivity contribution in [3.63, 3.8) is 0 Å². The molecule has 1 unspecified atom stereocenters. The van der Waals surface area contributed by atoms with Gasteiger partial charge in [-0.05, 0) is 35.6 Å². The van der Waals surface area contributed by atoms with Crippen LogP contribution in [0.4, 0.5) is 0 Å². The lowest BCUT2D eigenvalue weighted by Crippen LogP contribution is -2.27. The number of nitrogens with one attached hydrogen (secondary N) is 1. The number of pyridine rings is 1. The Morgan fingerprint density at radius 1 is 1.15 bits per heavy atom. The third-order valence-electron chi connectivity index (χ3n) is 4.17. The number of carbonyl (C=O) groups is 1. The Labute approximate surface area is 155 Å². The molecule has 0 radical (unpaired) electrons. The molecule has 0 aliphatic carbocycles. The number of hydrogen-bond donors (Lipinski definition) is 1. The topological polar surface area (TPSA) is 60.5 Å². The lowest BCUT2D eigenvalue weighted by molar-refractivity contribution is 0.0930. The molecule has 0 saturated carbocycles. The SMILES string of the molecule is COCCOc1ncccc1C(=O)NC(C)c1ccc(C(C)(C)C)cc1. The van der Waals surface area contributed by atoms with E-state index in [0.717, 1.165) is 5.56 Å². The van der Waals surface area contributed by atoms with E-state index in [4.69, 9.17) is 9.47 Å². The van der Waals surface area contributed by atoms with Crippen molar-refractivity contribution >= 4 is 5.91 Å². The molecular weight excluding hydrogens is 328 g/mol. The second-order valence-electron chi connectivity index (χ2n) is 7.26. The Balaban J connectivity index is 2.07. The highest BCUT2D eigenvalue weighted by Crippen LogP contribution is 2.24. The number of benzene rings is 1. The van der Waals surface area contributed by atoms with Gasteiger partial charge in [-0.25, -0.2) is 4.98 Å². The molecule has 5 heteroatoms. The van der Waals surface area contributed by atoms with Gasteiger partial charge < -0.3 is 14.8 Å². The second-order valence-corrected chi connectivity index (χ2v) is 7.26. The summed E-state index contributed by atoms with van der Waals surface area (Å²) in [4.78, 5) is 16.8. The molecule has 0 fully saturated rings. The average molecular weight is 356 g/mol. The van der Waals surface area contributed by atoms with Crippen LogP contribution in [-0.4, -0.2) is 31.2 Å². The molecule has 1 N–H and O–H groups in total. The molecule has 1 heterocycles. The molecule has 1 amide bonds. The van der Waals surface area contributed by atoms with E-state index >= 15 is 0 Å². The lowest BCUT2D eigenvalue weighted by atomic mass is 9.86. The first kappa shape index (κ1) is 19.9. The third-order valence-corrected chi connectivity index (χ3v) is 4.17. The van der Waals surface area contributed by atoms with E-state index in [1.807, 2.05) is 6.92 Å². The van der Waals surface area contributed by atoms with Crippen molar-refractivity contribution < 1.29 is 14.3 Å². The summed E-state index contributed by atoms with van der Waals surface area (Å²) in [5.41, 5.74) is 2.84. The molecule has 26 heavy (non-hydrogen) atoms. The maximum absolute atomic E-state index is 12.6. The van der Waals surface area contributed by atoms with E-state index in [1.165, 1.54) is 5.56 Å². The Morgan fingerprint density at radius 2 is 1.85 bits per heavy atom. The summed E-state index contributed by atoms with van der Waals surface area (Å²) < 4.78 is 10.5. The highest BCUT2D eigenvalue weighted by molar-refractivity contribution is 5.96. The average Bonchev–Trinajstić information content (AvgIpc) is 2.61. The first-order chi connectivity index (χ1) is 12.3. The van der Waals surface area contributed by atoms with Crippen molar-refractivity contribution in [2.45, 2.75) is 39.2 Å². The van der Waals surface area contributed by atoms with E-state index in [1.54, 1.807) is 25.4 Å². The fourth-order valence-corrected chi connectivity index (χ4v) is 2.53. The van der Waals surface area contributed by atoms with Gasteiger partial charge in [-0.3, -0.25) is 4.79 Å². The van der Waals surface area contributed by atoms with Gasteiger partial charge in [-0.15, -0.1) is 0 Å². The van der Waals surface area contributed by atoms with Gasteiger partial charge in [0.2, 0.25) is 5.88 Å². The van der Waals surface area contributed by atoms with E-state index in [9.17, 15) is 4.79 Å². The number of aromatic nitrogens is 1. The molecule has 0 aliphatic rings. The Kier molecular flexibility index (Phi) is 6.75. The minimum Gasteiger partial charge on any atom is -0.475 e.